The van der Waals surface area contributed by atoms with Crippen LogP contribution in [-0.2, 0) is 0 Å². The minimum atomic E-state index is -0.523. The van der Waals surface area contributed by atoms with Crippen LogP contribution in [0.15, 0.2) is 42.5 Å². The molecule has 39 heavy (non-hydrogen) atoms. The second-order valence-electron chi connectivity index (χ2n) is 10.1. The Labute approximate surface area is 229 Å². The van der Waals surface area contributed by atoms with Gasteiger partial charge in [0.15, 0.2) is 5.75 Å². The number of para-hydroxylation sites is 1. The molecule has 3 rings (SSSR count). The Hall–Kier alpha value is -3.99. The van der Waals surface area contributed by atoms with Crippen LogP contribution in [0.5, 0.6) is 11.5 Å². The van der Waals surface area contributed by atoms with Gasteiger partial charge in [-0.25, -0.2) is 9.59 Å². The predicted octanol–water partition coefficient (Wildman–Crippen LogP) is 3.61. The number of fused-ring (bicyclic) bond motifs is 1. The van der Waals surface area contributed by atoms with E-state index >= 15 is 0 Å². The number of carbonyl (C=O) groups excluding carboxylic acids is 3. The highest BCUT2D eigenvalue weighted by atomic mass is 16.5. The molecule has 0 aliphatic carbocycles. The maximum atomic E-state index is 13.6. The van der Waals surface area contributed by atoms with Crippen LogP contribution < -0.4 is 25.4 Å². The first-order chi connectivity index (χ1) is 18.5. The summed E-state index contributed by atoms with van der Waals surface area (Å²) in [6.45, 7) is 7.81. The Morgan fingerprint density at radius 1 is 1.15 bits per heavy atom. The van der Waals surface area contributed by atoms with Crippen molar-refractivity contribution in [2.24, 2.45) is 5.92 Å². The number of aliphatic hydroxyl groups excluding tert-OH is 1. The molecule has 5 amide bonds. The zero-order valence-corrected chi connectivity index (χ0v) is 23.4. The first-order valence-electron chi connectivity index (χ1n) is 13.0. The molecule has 2 aromatic carbocycles. The van der Waals surface area contributed by atoms with Gasteiger partial charge in [0.05, 0.1) is 37.6 Å². The van der Waals surface area contributed by atoms with Gasteiger partial charge >= 0.3 is 12.1 Å². The van der Waals surface area contributed by atoms with E-state index in [0.29, 0.717) is 23.7 Å². The van der Waals surface area contributed by atoms with Crippen LogP contribution in [0.1, 0.15) is 38.1 Å². The van der Waals surface area contributed by atoms with Gasteiger partial charge in [-0.2, -0.15) is 0 Å². The number of ether oxygens (including phenoxy) is 2. The number of amides is 5. The number of urea groups is 2. The lowest BCUT2D eigenvalue weighted by molar-refractivity contribution is 0.0368. The van der Waals surface area contributed by atoms with E-state index in [1.807, 2.05) is 20.8 Å². The number of methoxy groups -OCH3 is 1. The van der Waals surface area contributed by atoms with Crippen LogP contribution in [0.3, 0.4) is 0 Å². The number of anilines is 2. The number of benzene rings is 2. The lowest BCUT2D eigenvalue weighted by Crippen LogP contribution is -2.51. The normalized spacial score (nSPS) is 17.7. The lowest BCUT2D eigenvalue weighted by Gasteiger charge is -2.38. The summed E-state index contributed by atoms with van der Waals surface area (Å²) in [7, 11) is 3.24. The zero-order chi connectivity index (χ0) is 28.7. The maximum absolute atomic E-state index is 13.6. The number of nitrogens with zero attached hydrogens (tertiary/aromatic N) is 2. The number of aliphatic hydroxyl groups is 1. The molecule has 4 N–H and O–H groups in total. The minimum Gasteiger partial charge on any atom is -0.497 e. The highest BCUT2D eigenvalue weighted by Gasteiger charge is 2.35. The summed E-state index contributed by atoms with van der Waals surface area (Å²) >= 11 is 0. The van der Waals surface area contributed by atoms with E-state index in [1.54, 1.807) is 68.4 Å². The number of hydrogen-bond donors (Lipinski definition) is 4. The molecule has 0 fully saturated rings. The molecule has 0 spiro atoms. The highest BCUT2D eigenvalue weighted by Crippen LogP contribution is 2.35. The second kappa shape index (κ2) is 13.2. The van der Waals surface area contributed by atoms with Crippen LogP contribution >= 0.6 is 0 Å². The molecule has 0 radical (unpaired) electrons. The Kier molecular flexibility index (Phi) is 10.00. The number of likely N-dealkylation sites (N-methyl/N-ethyl adjacent to an activating group) is 1. The molecule has 0 bridgehead atoms. The second-order valence-corrected chi connectivity index (χ2v) is 10.1. The van der Waals surface area contributed by atoms with Crippen molar-refractivity contribution in [2.75, 3.05) is 44.5 Å². The van der Waals surface area contributed by atoms with Crippen LogP contribution in [0.2, 0.25) is 0 Å². The quantitative estimate of drug-likeness (QED) is 0.404. The average Bonchev–Trinajstić information content (AvgIpc) is 2.90. The molecule has 1 aliphatic heterocycles. The van der Waals surface area contributed by atoms with Gasteiger partial charge in [-0.05, 0) is 57.2 Å². The number of hydrogen-bond acceptors (Lipinski definition) is 6. The molecule has 3 atom stereocenters. The minimum absolute atomic E-state index is 0.0325. The van der Waals surface area contributed by atoms with E-state index in [9.17, 15) is 19.5 Å². The van der Waals surface area contributed by atoms with Crippen molar-refractivity contribution in [1.82, 2.24) is 15.1 Å². The van der Waals surface area contributed by atoms with Gasteiger partial charge in [0.25, 0.3) is 5.91 Å². The predicted molar refractivity (Wildman–Crippen MR) is 150 cm³/mol. The molecular formula is C28H39N5O6. The molecule has 2 aromatic rings. The summed E-state index contributed by atoms with van der Waals surface area (Å²) < 4.78 is 11.6. The largest absolute Gasteiger partial charge is 0.497 e. The van der Waals surface area contributed by atoms with Crippen molar-refractivity contribution >= 4 is 29.3 Å². The lowest BCUT2D eigenvalue weighted by atomic mass is 9.99. The topological polar surface area (TPSA) is 132 Å². The van der Waals surface area contributed by atoms with Crippen LogP contribution in [0.25, 0.3) is 0 Å². The van der Waals surface area contributed by atoms with Crippen LogP contribution in [-0.4, -0.2) is 84.9 Å². The molecule has 11 nitrogen and oxygen atoms in total. The third-order valence-electron chi connectivity index (χ3n) is 6.50. The van der Waals surface area contributed by atoms with Crippen molar-refractivity contribution in [1.29, 1.82) is 0 Å². The Morgan fingerprint density at radius 2 is 1.85 bits per heavy atom. The molecule has 11 heteroatoms. The highest BCUT2D eigenvalue weighted by molar-refractivity contribution is 6.04. The van der Waals surface area contributed by atoms with E-state index in [2.05, 4.69) is 16.0 Å². The summed E-state index contributed by atoms with van der Waals surface area (Å²) in [6.07, 6.45) is -0.513. The van der Waals surface area contributed by atoms with E-state index in [-0.39, 0.29) is 48.4 Å². The fraction of sp³-hybridized carbons (Fsp3) is 0.464. The van der Waals surface area contributed by atoms with Gasteiger partial charge in [-0.15, -0.1) is 0 Å². The van der Waals surface area contributed by atoms with Crippen LogP contribution in [0, 0.1) is 5.92 Å². The van der Waals surface area contributed by atoms with Crippen LogP contribution in [0.4, 0.5) is 21.0 Å². The van der Waals surface area contributed by atoms with E-state index in [0.717, 1.165) is 0 Å². The molecule has 0 saturated heterocycles. The molecule has 1 heterocycles. The SMILES string of the molecule is COc1ccc(NC(=O)Nc2cccc3c2O[C@H](CN(C)C(=O)NC(C)C)[C@@H](C)CN([C@H](C)CO)C3=O)cc1. The number of rotatable bonds is 8. The van der Waals surface area contributed by atoms with Gasteiger partial charge in [0, 0.05) is 31.2 Å². The fourth-order valence-electron chi connectivity index (χ4n) is 4.23. The molecule has 0 saturated carbocycles. The number of carbonyl (C=O) groups is 3. The van der Waals surface area contributed by atoms with Gasteiger partial charge in [-0.1, -0.05) is 13.0 Å². The summed E-state index contributed by atoms with van der Waals surface area (Å²) in [6, 6.07) is 10.6. The van der Waals surface area contributed by atoms with Gasteiger partial charge in [-0.3, -0.25) is 4.79 Å². The smallest absolute Gasteiger partial charge is 0.323 e. The average molecular weight is 542 g/mol. The van der Waals surface area contributed by atoms with Crippen molar-refractivity contribution < 1.29 is 29.0 Å². The molecular weight excluding hydrogens is 502 g/mol. The van der Waals surface area contributed by atoms with Gasteiger partial charge < -0.3 is 40.3 Å². The number of nitrogens with one attached hydrogen (secondary N) is 3. The molecule has 0 unspecified atom stereocenters. The van der Waals surface area contributed by atoms with Crippen molar-refractivity contribution in [2.45, 2.75) is 45.9 Å². The first kappa shape index (κ1) is 29.6. The van der Waals surface area contributed by atoms with E-state index < -0.39 is 18.2 Å². The van der Waals surface area contributed by atoms with Crippen molar-refractivity contribution in [3.8, 4) is 11.5 Å². The zero-order valence-electron chi connectivity index (χ0n) is 23.4. The Balaban J connectivity index is 1.93. The Morgan fingerprint density at radius 3 is 2.46 bits per heavy atom. The monoisotopic (exact) mass is 541 g/mol. The molecule has 1 aliphatic rings. The summed E-state index contributed by atoms with van der Waals surface area (Å²) in [4.78, 5) is 42.3. The third-order valence-corrected chi connectivity index (χ3v) is 6.50. The van der Waals surface area contributed by atoms with Crippen molar-refractivity contribution in [3.63, 3.8) is 0 Å². The first-order valence-corrected chi connectivity index (χ1v) is 13.0. The summed E-state index contributed by atoms with van der Waals surface area (Å²) in [5.41, 5.74) is 1.11. The fourth-order valence-corrected chi connectivity index (χ4v) is 4.23. The van der Waals surface area contributed by atoms with E-state index in [4.69, 9.17) is 9.47 Å². The van der Waals surface area contributed by atoms with Crippen molar-refractivity contribution in [3.05, 3.63) is 48.0 Å². The molecule has 212 valence electrons. The van der Waals surface area contributed by atoms with Gasteiger partial charge in [0.1, 0.15) is 11.9 Å². The molecule has 0 aromatic heterocycles. The standard InChI is InChI=1S/C28H39N5O6/c1-17(2)29-28(37)32(5)15-24-18(3)14-33(19(4)16-34)26(35)22-8-7-9-23(25(22)39-24)31-27(36)30-20-10-12-21(38-6)13-11-20/h7-13,17-19,24,34H,14-16H2,1-6H3,(H,29,37)(H2,30,31,36)/t18-,19+,24+/m0/s1. The maximum Gasteiger partial charge on any atom is 0.323 e. The Bertz CT molecular complexity index is 1160. The summed E-state index contributed by atoms with van der Waals surface area (Å²) in [5, 5.41) is 18.3. The summed E-state index contributed by atoms with van der Waals surface area (Å²) in [5.74, 6) is 0.344. The third kappa shape index (κ3) is 7.53. The van der Waals surface area contributed by atoms with Gasteiger partial charge in [0.2, 0.25) is 0 Å². The van der Waals surface area contributed by atoms with E-state index in [1.165, 1.54) is 4.90 Å².